The first-order chi connectivity index (χ1) is 9.78. The molecular formula is C14H22N4OS. The van der Waals surface area contributed by atoms with Gasteiger partial charge in [0.15, 0.2) is 5.13 Å². The number of hydrogen-bond donors (Lipinski definition) is 2. The maximum Gasteiger partial charge on any atom is 0.239 e. The molecule has 2 aliphatic rings. The van der Waals surface area contributed by atoms with Gasteiger partial charge in [-0.1, -0.05) is 18.3 Å². The molecule has 1 aromatic heterocycles. The van der Waals surface area contributed by atoms with Crippen LogP contribution in [0.4, 0.5) is 5.13 Å². The summed E-state index contributed by atoms with van der Waals surface area (Å²) in [6.07, 6.45) is 4.47. The van der Waals surface area contributed by atoms with Crippen LogP contribution in [0.2, 0.25) is 0 Å². The molecule has 1 saturated heterocycles. The highest BCUT2D eigenvalue weighted by molar-refractivity contribution is 7.15. The smallest absolute Gasteiger partial charge is 0.239 e. The molecule has 1 unspecified atom stereocenters. The van der Waals surface area contributed by atoms with Crippen molar-refractivity contribution in [3.63, 3.8) is 0 Å². The lowest BCUT2D eigenvalue weighted by molar-refractivity contribution is -0.119. The number of thiazole rings is 1. The number of carbonyl (C=O) groups is 1. The van der Waals surface area contributed by atoms with Crippen LogP contribution in [0.5, 0.6) is 0 Å². The lowest BCUT2D eigenvalue weighted by Gasteiger charge is -2.21. The Labute approximate surface area is 123 Å². The zero-order valence-electron chi connectivity index (χ0n) is 11.9. The minimum atomic E-state index is 0.110. The number of rotatable bonds is 3. The minimum Gasteiger partial charge on any atom is -0.354 e. The van der Waals surface area contributed by atoms with Crippen LogP contribution in [-0.2, 0) is 11.2 Å². The summed E-state index contributed by atoms with van der Waals surface area (Å²) in [5, 5.41) is 7.49. The van der Waals surface area contributed by atoms with E-state index in [0.29, 0.717) is 12.6 Å². The van der Waals surface area contributed by atoms with Crippen molar-refractivity contribution in [2.45, 2.75) is 38.6 Å². The summed E-state index contributed by atoms with van der Waals surface area (Å²) < 4.78 is 0. The van der Waals surface area contributed by atoms with Crippen LogP contribution < -0.4 is 15.5 Å². The highest BCUT2D eigenvalue weighted by Gasteiger charge is 2.26. The normalized spacial score (nSPS) is 23.1. The molecule has 1 atom stereocenters. The van der Waals surface area contributed by atoms with Crippen LogP contribution in [0.3, 0.4) is 0 Å². The summed E-state index contributed by atoms with van der Waals surface area (Å²) in [6.45, 7) is 5.27. The van der Waals surface area contributed by atoms with Gasteiger partial charge in [-0.15, -0.1) is 0 Å². The molecule has 1 aromatic rings. The zero-order valence-corrected chi connectivity index (χ0v) is 12.8. The van der Waals surface area contributed by atoms with Crippen LogP contribution in [0.15, 0.2) is 0 Å². The SMILES string of the molecule is CCNC1CCCc2nc(N3CCCNC(=O)C3)sc21. The lowest BCUT2D eigenvalue weighted by atomic mass is 9.98. The molecule has 20 heavy (non-hydrogen) atoms. The van der Waals surface area contributed by atoms with E-state index >= 15 is 0 Å². The van der Waals surface area contributed by atoms with Gasteiger partial charge in [-0.2, -0.15) is 0 Å². The van der Waals surface area contributed by atoms with E-state index in [9.17, 15) is 4.79 Å². The molecule has 0 bridgehead atoms. The highest BCUT2D eigenvalue weighted by Crippen LogP contribution is 2.37. The fourth-order valence-corrected chi connectivity index (χ4v) is 4.20. The molecule has 2 heterocycles. The first-order valence-electron chi connectivity index (χ1n) is 7.52. The maximum absolute atomic E-state index is 11.7. The van der Waals surface area contributed by atoms with Crippen LogP contribution in [0.1, 0.15) is 42.8 Å². The second-order valence-corrected chi connectivity index (χ2v) is 6.44. The largest absolute Gasteiger partial charge is 0.354 e. The van der Waals surface area contributed by atoms with E-state index in [1.165, 1.54) is 23.4 Å². The van der Waals surface area contributed by atoms with E-state index in [1.54, 1.807) is 11.3 Å². The Morgan fingerprint density at radius 2 is 2.40 bits per heavy atom. The van der Waals surface area contributed by atoms with Crippen LogP contribution in [0, 0.1) is 0 Å². The summed E-state index contributed by atoms with van der Waals surface area (Å²) in [6, 6.07) is 0.454. The number of nitrogens with zero attached hydrogens (tertiary/aromatic N) is 2. The van der Waals surface area contributed by atoms with E-state index in [0.717, 1.165) is 37.6 Å². The van der Waals surface area contributed by atoms with E-state index in [4.69, 9.17) is 4.98 Å². The molecular weight excluding hydrogens is 272 g/mol. The molecule has 0 spiro atoms. The second kappa shape index (κ2) is 6.10. The van der Waals surface area contributed by atoms with Gasteiger partial charge in [-0.25, -0.2) is 4.98 Å². The number of aryl methyl sites for hydroxylation is 1. The monoisotopic (exact) mass is 294 g/mol. The van der Waals surface area contributed by atoms with Crippen LogP contribution >= 0.6 is 11.3 Å². The van der Waals surface area contributed by atoms with Crippen molar-refractivity contribution in [1.82, 2.24) is 15.6 Å². The van der Waals surface area contributed by atoms with Crippen molar-refractivity contribution >= 4 is 22.4 Å². The van der Waals surface area contributed by atoms with Crippen LogP contribution in [0.25, 0.3) is 0 Å². The predicted molar refractivity (Wildman–Crippen MR) is 81.3 cm³/mol. The zero-order chi connectivity index (χ0) is 13.9. The minimum absolute atomic E-state index is 0.110. The fourth-order valence-electron chi connectivity index (χ4n) is 2.95. The third kappa shape index (κ3) is 2.81. The van der Waals surface area contributed by atoms with Gasteiger partial charge >= 0.3 is 0 Å². The number of amides is 1. The van der Waals surface area contributed by atoms with Gasteiger partial charge in [0.25, 0.3) is 0 Å². The fraction of sp³-hybridized carbons (Fsp3) is 0.714. The van der Waals surface area contributed by atoms with Crippen LogP contribution in [-0.4, -0.2) is 37.1 Å². The van der Waals surface area contributed by atoms with Gasteiger partial charge in [0.05, 0.1) is 12.2 Å². The Bertz CT molecular complexity index is 488. The number of hydrogen-bond acceptors (Lipinski definition) is 5. The molecule has 1 aliphatic heterocycles. The Morgan fingerprint density at radius 1 is 1.50 bits per heavy atom. The second-order valence-electron chi connectivity index (χ2n) is 5.43. The Balaban J connectivity index is 1.82. The molecule has 3 rings (SSSR count). The topological polar surface area (TPSA) is 57.3 Å². The van der Waals surface area contributed by atoms with E-state index in [-0.39, 0.29) is 5.91 Å². The maximum atomic E-state index is 11.7. The quantitative estimate of drug-likeness (QED) is 0.886. The van der Waals surface area contributed by atoms with Gasteiger partial charge < -0.3 is 15.5 Å². The average molecular weight is 294 g/mol. The molecule has 2 N–H and O–H groups in total. The van der Waals surface area contributed by atoms with E-state index < -0.39 is 0 Å². The summed E-state index contributed by atoms with van der Waals surface area (Å²) in [4.78, 5) is 20.0. The number of fused-ring (bicyclic) bond motifs is 1. The molecule has 1 aliphatic carbocycles. The molecule has 6 heteroatoms. The first kappa shape index (κ1) is 13.8. The van der Waals surface area contributed by atoms with E-state index in [1.807, 2.05) is 0 Å². The number of anilines is 1. The standard InChI is InChI=1S/C14H22N4OS/c1-2-15-10-5-3-6-11-13(10)20-14(17-11)18-8-4-7-16-12(19)9-18/h10,15H,2-9H2,1H3,(H,16,19). The molecule has 0 radical (unpaired) electrons. The lowest BCUT2D eigenvalue weighted by Crippen LogP contribution is -2.32. The van der Waals surface area contributed by atoms with Gasteiger partial charge in [-0.05, 0) is 32.2 Å². The van der Waals surface area contributed by atoms with Crippen molar-refractivity contribution in [2.75, 3.05) is 31.1 Å². The third-order valence-electron chi connectivity index (χ3n) is 3.92. The first-order valence-corrected chi connectivity index (χ1v) is 8.34. The van der Waals surface area contributed by atoms with Gasteiger partial charge in [0.1, 0.15) is 0 Å². The highest BCUT2D eigenvalue weighted by atomic mass is 32.1. The van der Waals surface area contributed by atoms with Crippen molar-refractivity contribution in [3.8, 4) is 0 Å². The van der Waals surface area contributed by atoms with Crippen molar-refractivity contribution in [3.05, 3.63) is 10.6 Å². The average Bonchev–Trinajstić information content (AvgIpc) is 2.76. The Kier molecular flexibility index (Phi) is 4.21. The van der Waals surface area contributed by atoms with E-state index in [2.05, 4.69) is 22.5 Å². The van der Waals surface area contributed by atoms with Gasteiger partial charge in [0, 0.05) is 24.0 Å². The van der Waals surface area contributed by atoms with Gasteiger partial charge in [-0.3, -0.25) is 4.79 Å². The summed E-state index contributed by atoms with van der Waals surface area (Å²) in [5.74, 6) is 0.110. The van der Waals surface area contributed by atoms with Crippen molar-refractivity contribution < 1.29 is 4.79 Å². The summed E-state index contributed by atoms with van der Waals surface area (Å²) in [5.41, 5.74) is 1.24. The molecule has 1 amide bonds. The number of aromatic nitrogens is 1. The van der Waals surface area contributed by atoms with Gasteiger partial charge in [0.2, 0.25) is 5.91 Å². The molecule has 110 valence electrons. The molecule has 1 fully saturated rings. The Morgan fingerprint density at radius 3 is 3.25 bits per heavy atom. The molecule has 0 saturated carbocycles. The molecule has 0 aromatic carbocycles. The Hall–Kier alpha value is -1.14. The van der Waals surface area contributed by atoms with Crippen molar-refractivity contribution in [2.24, 2.45) is 0 Å². The molecule has 5 nitrogen and oxygen atoms in total. The third-order valence-corrected chi connectivity index (χ3v) is 5.19. The summed E-state index contributed by atoms with van der Waals surface area (Å²) in [7, 11) is 0. The van der Waals surface area contributed by atoms with Crippen molar-refractivity contribution in [1.29, 1.82) is 0 Å². The summed E-state index contributed by atoms with van der Waals surface area (Å²) >= 11 is 1.77. The predicted octanol–water partition coefficient (Wildman–Crippen LogP) is 1.46. The number of nitrogens with one attached hydrogen (secondary N) is 2. The number of carbonyl (C=O) groups excluding carboxylic acids is 1.